The molecule has 0 saturated carbocycles. The molecular weight excluding hydrogens is 456 g/mol. The second-order valence-electron chi connectivity index (χ2n) is 8.86. The van der Waals surface area contributed by atoms with E-state index in [1.807, 2.05) is 30.3 Å². The minimum atomic E-state index is -3.62. The van der Waals surface area contributed by atoms with Crippen LogP contribution in [-0.2, 0) is 26.0 Å². The highest BCUT2D eigenvalue weighted by Gasteiger charge is 2.49. The fourth-order valence-electron chi connectivity index (χ4n) is 4.30. The van der Waals surface area contributed by atoms with Crippen LogP contribution in [0.15, 0.2) is 65.6 Å². The first-order valence-electron chi connectivity index (χ1n) is 11.3. The maximum Gasteiger partial charge on any atom is 0.344 e. The number of sulfonamides is 1. The van der Waals surface area contributed by atoms with Gasteiger partial charge in [-0.25, -0.2) is 13.2 Å². The van der Waals surface area contributed by atoms with Crippen LogP contribution in [0.5, 0.6) is 0 Å². The van der Waals surface area contributed by atoms with Gasteiger partial charge < -0.3 is 5.32 Å². The van der Waals surface area contributed by atoms with Gasteiger partial charge in [0.2, 0.25) is 15.9 Å². The van der Waals surface area contributed by atoms with Gasteiger partial charge in [-0.15, -0.1) is 0 Å². The number of hydrogen-bond acceptors (Lipinski definition) is 5. The first kappa shape index (κ1) is 23.9. The van der Waals surface area contributed by atoms with Crippen molar-refractivity contribution in [3.05, 3.63) is 66.2 Å². The summed E-state index contributed by atoms with van der Waals surface area (Å²) in [6, 6.07) is 17.1. The zero-order valence-corrected chi connectivity index (χ0v) is 19.8. The summed E-state index contributed by atoms with van der Waals surface area (Å²) < 4.78 is 26.9. The van der Waals surface area contributed by atoms with Crippen molar-refractivity contribution in [3.63, 3.8) is 0 Å². The first-order chi connectivity index (χ1) is 16.2. The number of nitrogens with zero attached hydrogens (tertiary/aromatic N) is 2. The van der Waals surface area contributed by atoms with E-state index >= 15 is 0 Å². The topological polar surface area (TPSA) is 116 Å². The molecular formula is C24H28N4O5S. The zero-order valence-electron chi connectivity index (χ0n) is 18.9. The smallest absolute Gasteiger partial charge is 0.322 e. The Labute approximate surface area is 199 Å². The van der Waals surface area contributed by atoms with Crippen LogP contribution in [0.25, 0.3) is 0 Å². The molecule has 2 aromatic carbocycles. The van der Waals surface area contributed by atoms with Gasteiger partial charge in [0, 0.05) is 19.0 Å². The molecule has 0 aromatic heterocycles. The van der Waals surface area contributed by atoms with Gasteiger partial charge in [0.25, 0.3) is 5.91 Å². The van der Waals surface area contributed by atoms with Crippen LogP contribution in [0.1, 0.15) is 31.7 Å². The number of benzene rings is 2. The van der Waals surface area contributed by atoms with E-state index in [9.17, 15) is 22.8 Å². The summed E-state index contributed by atoms with van der Waals surface area (Å²) in [5.74, 6) is -1.47. The van der Waals surface area contributed by atoms with Crippen molar-refractivity contribution in [2.75, 3.05) is 13.1 Å². The van der Waals surface area contributed by atoms with Crippen molar-refractivity contribution in [2.24, 2.45) is 5.92 Å². The molecule has 0 radical (unpaired) electrons. The fourth-order valence-corrected chi connectivity index (χ4v) is 5.79. The normalized spacial score (nSPS) is 22.0. The van der Waals surface area contributed by atoms with Crippen LogP contribution in [0.4, 0.5) is 4.79 Å². The fraction of sp³-hybridized carbons (Fsp3) is 0.375. The molecule has 9 nitrogen and oxygen atoms in total. The van der Waals surface area contributed by atoms with Crippen LogP contribution < -0.4 is 10.7 Å². The van der Waals surface area contributed by atoms with Gasteiger partial charge in [-0.2, -0.15) is 9.31 Å². The molecule has 10 heteroatoms. The molecule has 1 atom stereocenters. The summed E-state index contributed by atoms with van der Waals surface area (Å²) in [7, 11) is -3.62. The van der Waals surface area contributed by atoms with Crippen molar-refractivity contribution in [2.45, 2.75) is 43.0 Å². The van der Waals surface area contributed by atoms with Crippen LogP contribution in [0.2, 0.25) is 0 Å². The number of amides is 4. The Morgan fingerprint density at radius 2 is 1.62 bits per heavy atom. The number of aryl methyl sites for hydroxylation is 1. The number of imide groups is 1. The Bertz CT molecular complexity index is 1160. The quantitative estimate of drug-likeness (QED) is 0.584. The van der Waals surface area contributed by atoms with Crippen LogP contribution in [0, 0.1) is 5.92 Å². The summed E-state index contributed by atoms with van der Waals surface area (Å²) in [4.78, 5) is 38.4. The molecule has 4 rings (SSSR count). The van der Waals surface area contributed by atoms with Gasteiger partial charge in [-0.3, -0.25) is 15.0 Å². The Hall–Kier alpha value is -3.24. The number of nitrogens with one attached hydrogen (secondary N) is 2. The first-order valence-corrected chi connectivity index (χ1v) is 12.7. The molecule has 180 valence electrons. The second-order valence-corrected chi connectivity index (χ2v) is 10.8. The van der Waals surface area contributed by atoms with Gasteiger partial charge in [0.05, 0.1) is 4.90 Å². The molecule has 2 aliphatic rings. The van der Waals surface area contributed by atoms with Crippen molar-refractivity contribution >= 4 is 27.9 Å². The van der Waals surface area contributed by atoms with E-state index in [1.54, 1.807) is 37.3 Å². The van der Waals surface area contributed by atoms with E-state index in [1.165, 1.54) is 4.31 Å². The highest BCUT2D eigenvalue weighted by Crippen LogP contribution is 2.26. The molecule has 2 saturated heterocycles. The Morgan fingerprint density at radius 1 is 1.03 bits per heavy atom. The molecule has 0 bridgehead atoms. The Morgan fingerprint density at radius 3 is 2.24 bits per heavy atom. The lowest BCUT2D eigenvalue weighted by molar-refractivity contribution is -0.141. The monoisotopic (exact) mass is 484 g/mol. The van der Waals surface area contributed by atoms with Gasteiger partial charge in [0.15, 0.2) is 0 Å². The average molecular weight is 485 g/mol. The SMILES string of the molecule is CC1(CCc2ccccc2)NC(=O)N(NC(=O)C2CCN(S(=O)(=O)c3ccccc3)CC2)C1=O. The van der Waals surface area contributed by atoms with Crippen molar-refractivity contribution < 1.29 is 22.8 Å². The average Bonchev–Trinajstić information content (AvgIpc) is 3.07. The maximum atomic E-state index is 13.0. The van der Waals surface area contributed by atoms with Crippen LogP contribution in [0.3, 0.4) is 0 Å². The van der Waals surface area contributed by atoms with Crippen LogP contribution >= 0.6 is 0 Å². The number of carbonyl (C=O) groups is 3. The van der Waals surface area contributed by atoms with Gasteiger partial charge in [-0.05, 0) is 50.3 Å². The zero-order chi connectivity index (χ0) is 24.3. The molecule has 2 aliphatic heterocycles. The predicted molar refractivity (Wildman–Crippen MR) is 125 cm³/mol. The predicted octanol–water partition coefficient (Wildman–Crippen LogP) is 2.06. The molecule has 2 fully saturated rings. The number of rotatable bonds is 7. The standard InChI is InChI=1S/C24H28N4O5S/c1-24(15-12-18-8-4-2-5-9-18)22(30)28(23(31)25-24)26-21(29)19-13-16-27(17-14-19)34(32,33)20-10-6-3-7-11-20/h2-11,19H,12-17H2,1H3,(H,25,31)(H,26,29). The number of urea groups is 1. The lowest BCUT2D eigenvalue weighted by Crippen LogP contribution is -2.52. The highest BCUT2D eigenvalue weighted by atomic mass is 32.2. The highest BCUT2D eigenvalue weighted by molar-refractivity contribution is 7.89. The number of carbonyl (C=O) groups excluding carboxylic acids is 3. The molecule has 2 heterocycles. The van der Waals surface area contributed by atoms with Gasteiger partial charge >= 0.3 is 6.03 Å². The minimum Gasteiger partial charge on any atom is -0.322 e. The Balaban J connectivity index is 1.33. The summed E-state index contributed by atoms with van der Waals surface area (Å²) in [6.45, 7) is 2.02. The van der Waals surface area contributed by atoms with Gasteiger partial charge in [-0.1, -0.05) is 48.5 Å². The van der Waals surface area contributed by atoms with E-state index < -0.39 is 39.3 Å². The van der Waals surface area contributed by atoms with E-state index in [0.29, 0.717) is 25.7 Å². The maximum absolute atomic E-state index is 13.0. The number of piperidine rings is 1. The third-order valence-corrected chi connectivity index (χ3v) is 8.36. The van der Waals surface area contributed by atoms with Crippen molar-refractivity contribution in [1.82, 2.24) is 20.1 Å². The molecule has 0 spiro atoms. The third kappa shape index (κ3) is 4.83. The molecule has 0 aliphatic carbocycles. The second kappa shape index (κ2) is 9.55. The molecule has 2 aromatic rings. The van der Waals surface area contributed by atoms with E-state index in [0.717, 1.165) is 10.6 Å². The molecule has 34 heavy (non-hydrogen) atoms. The van der Waals surface area contributed by atoms with Crippen LogP contribution in [-0.4, -0.2) is 54.2 Å². The lowest BCUT2D eigenvalue weighted by atomic mass is 9.93. The summed E-state index contributed by atoms with van der Waals surface area (Å²) >= 11 is 0. The third-order valence-electron chi connectivity index (χ3n) is 6.45. The molecule has 4 amide bonds. The van der Waals surface area contributed by atoms with E-state index in [4.69, 9.17) is 0 Å². The van der Waals surface area contributed by atoms with Crippen molar-refractivity contribution in [1.29, 1.82) is 0 Å². The summed E-state index contributed by atoms with van der Waals surface area (Å²) in [5.41, 5.74) is 2.38. The van der Waals surface area contributed by atoms with Crippen molar-refractivity contribution in [3.8, 4) is 0 Å². The number of hydrazine groups is 1. The summed E-state index contributed by atoms with van der Waals surface area (Å²) in [5, 5.41) is 3.44. The van der Waals surface area contributed by atoms with Gasteiger partial charge in [0.1, 0.15) is 5.54 Å². The number of hydrogen-bond donors (Lipinski definition) is 2. The Kier molecular flexibility index (Phi) is 6.72. The minimum absolute atomic E-state index is 0.185. The van der Waals surface area contributed by atoms with E-state index in [2.05, 4.69) is 10.7 Å². The largest absolute Gasteiger partial charge is 0.344 e. The molecule has 2 N–H and O–H groups in total. The summed E-state index contributed by atoms with van der Waals surface area (Å²) in [6.07, 6.45) is 1.59. The van der Waals surface area contributed by atoms with E-state index in [-0.39, 0.29) is 18.0 Å². The lowest BCUT2D eigenvalue weighted by Gasteiger charge is -2.31. The molecule has 1 unspecified atom stereocenters.